The summed E-state index contributed by atoms with van der Waals surface area (Å²) in [6, 6.07) is 27.0. The van der Waals surface area contributed by atoms with Gasteiger partial charge in [0.2, 0.25) is 0 Å². The van der Waals surface area contributed by atoms with Crippen LogP contribution in [0.2, 0.25) is 0 Å². The van der Waals surface area contributed by atoms with Crippen LogP contribution < -0.4 is 17.2 Å². The van der Waals surface area contributed by atoms with E-state index in [1.807, 2.05) is 39.9 Å². The molecular weight excluding hydrogens is 368 g/mol. The fraction of sp³-hybridized carbons (Fsp3) is 0.174. The molecule has 0 atom stereocenters. The second-order valence-corrected chi connectivity index (χ2v) is 6.51. The summed E-state index contributed by atoms with van der Waals surface area (Å²) in [5.74, 6) is 0.703. The maximum atomic E-state index is 4.79. The largest absolute Gasteiger partial charge is 1.00 e. The lowest BCUT2D eigenvalue weighted by molar-refractivity contribution is -0.734. The summed E-state index contributed by atoms with van der Waals surface area (Å²) in [5.41, 5.74) is 5.59. The minimum absolute atomic E-state index is 0. The van der Waals surface area contributed by atoms with Crippen molar-refractivity contribution in [1.82, 2.24) is 15.0 Å². The summed E-state index contributed by atoms with van der Waals surface area (Å²) in [7, 11) is 0. The molecule has 0 unspecified atom stereocenters. The number of halogens is 1. The zero-order valence-corrected chi connectivity index (χ0v) is 16.8. The predicted molar refractivity (Wildman–Crippen MR) is 107 cm³/mol. The molecule has 28 heavy (non-hydrogen) atoms. The lowest BCUT2D eigenvalue weighted by atomic mass is 10.1. The topological polar surface area (TPSA) is 34.6 Å². The summed E-state index contributed by atoms with van der Waals surface area (Å²) in [6.45, 7) is 4.32. The van der Waals surface area contributed by atoms with Gasteiger partial charge in [-0.3, -0.25) is 0 Å². The van der Waals surface area contributed by atoms with Crippen LogP contribution in [0.3, 0.4) is 0 Å². The van der Waals surface area contributed by atoms with Crippen LogP contribution >= 0.6 is 0 Å². The highest BCUT2D eigenvalue weighted by molar-refractivity contribution is 5.53. The third-order valence-corrected chi connectivity index (χ3v) is 4.74. The minimum atomic E-state index is 0. The molecule has 0 spiro atoms. The van der Waals surface area contributed by atoms with Crippen molar-refractivity contribution in [3.8, 4) is 22.8 Å². The minimum Gasteiger partial charge on any atom is -1.00 e. The average Bonchev–Trinajstić information content (AvgIpc) is 3.20. The molecule has 0 saturated heterocycles. The van der Waals surface area contributed by atoms with Crippen molar-refractivity contribution in [2.45, 2.75) is 26.7 Å². The maximum absolute atomic E-state index is 4.79. The lowest BCUT2D eigenvalue weighted by Crippen LogP contribution is -3.00. The molecule has 0 amide bonds. The Morgan fingerprint density at radius 2 is 1.32 bits per heavy atom. The van der Waals surface area contributed by atoms with Crippen molar-refractivity contribution in [2.75, 3.05) is 0 Å². The van der Waals surface area contributed by atoms with Crippen molar-refractivity contribution in [1.29, 1.82) is 0 Å². The number of aryl methyl sites for hydroxylation is 2. The van der Waals surface area contributed by atoms with Gasteiger partial charge in [-0.25, -0.2) is 0 Å². The van der Waals surface area contributed by atoms with Crippen molar-refractivity contribution in [3.05, 3.63) is 90.0 Å². The Kier molecular flexibility index (Phi) is 6.22. The van der Waals surface area contributed by atoms with Crippen molar-refractivity contribution in [3.63, 3.8) is 0 Å². The quantitative estimate of drug-likeness (QED) is 0.482. The first kappa shape index (κ1) is 19.8. The van der Waals surface area contributed by atoms with Crippen LogP contribution in [0.5, 0.6) is 0 Å². The molecule has 1 aromatic heterocycles. The van der Waals surface area contributed by atoms with E-state index in [2.05, 4.69) is 62.4 Å². The highest BCUT2D eigenvalue weighted by atomic mass is 35.5. The van der Waals surface area contributed by atoms with Crippen LogP contribution in [0.25, 0.3) is 22.8 Å². The Balaban J connectivity index is 0.00000225. The molecule has 1 heterocycles. The fourth-order valence-electron chi connectivity index (χ4n) is 3.05. The highest BCUT2D eigenvalue weighted by Crippen LogP contribution is 2.15. The Morgan fingerprint density at radius 3 is 1.89 bits per heavy atom. The maximum Gasteiger partial charge on any atom is 0.340 e. The van der Waals surface area contributed by atoms with Crippen LogP contribution in [0.15, 0.2) is 78.9 Å². The van der Waals surface area contributed by atoms with Gasteiger partial charge in [0, 0.05) is 4.80 Å². The van der Waals surface area contributed by atoms with Gasteiger partial charge in [0.05, 0.1) is 10.7 Å². The molecule has 5 heteroatoms. The van der Waals surface area contributed by atoms with Crippen LogP contribution in [-0.2, 0) is 12.8 Å². The predicted octanol–water partition coefficient (Wildman–Crippen LogP) is 1.34. The molecule has 0 N–H and O–H groups in total. The van der Waals surface area contributed by atoms with Gasteiger partial charge in [-0.1, -0.05) is 56.3 Å². The van der Waals surface area contributed by atoms with Crippen molar-refractivity contribution in [2.24, 2.45) is 0 Å². The third kappa shape index (κ3) is 3.97. The van der Waals surface area contributed by atoms with Crippen LogP contribution in [0.1, 0.15) is 25.0 Å². The zero-order chi connectivity index (χ0) is 18.6. The van der Waals surface area contributed by atoms with E-state index in [9.17, 15) is 0 Å². The van der Waals surface area contributed by atoms with Crippen molar-refractivity contribution < 1.29 is 17.2 Å². The summed E-state index contributed by atoms with van der Waals surface area (Å²) in [4.78, 5) is 3.73. The number of rotatable bonds is 5. The number of benzene rings is 3. The molecule has 4 aromatic rings. The molecule has 0 aliphatic heterocycles. The van der Waals surface area contributed by atoms with E-state index >= 15 is 0 Å². The van der Waals surface area contributed by atoms with Crippen LogP contribution in [0, 0.1) is 0 Å². The summed E-state index contributed by atoms with van der Waals surface area (Å²) in [5, 5.41) is 9.59. The lowest BCUT2D eigenvalue weighted by Gasteiger charge is -2.02. The van der Waals surface area contributed by atoms with E-state index in [0.717, 1.165) is 29.8 Å². The van der Waals surface area contributed by atoms with Gasteiger partial charge in [0.1, 0.15) is 5.69 Å². The molecule has 0 aliphatic carbocycles. The monoisotopic (exact) mass is 390 g/mol. The smallest absolute Gasteiger partial charge is 0.340 e. The number of nitrogens with zero attached hydrogens (tertiary/aromatic N) is 4. The molecule has 0 radical (unpaired) electrons. The first-order chi connectivity index (χ1) is 13.3. The standard InChI is InChI=1S/C23H23N4.ClH/c1-3-18-10-14-21(15-11-18)26-24-23(20-8-6-5-7-9-20)25-27(26)22-16-12-19(4-2)13-17-22;/h5-17H,3-4H2,1-2H3;1H/q+1;/p-1. The molecule has 0 fully saturated rings. The van der Waals surface area contributed by atoms with Gasteiger partial charge >= 0.3 is 5.82 Å². The van der Waals surface area contributed by atoms with Crippen LogP contribution in [0.4, 0.5) is 0 Å². The van der Waals surface area contributed by atoms with Crippen molar-refractivity contribution >= 4 is 0 Å². The summed E-state index contributed by atoms with van der Waals surface area (Å²) in [6.07, 6.45) is 2.04. The van der Waals surface area contributed by atoms with Crippen LogP contribution in [-0.4, -0.2) is 15.0 Å². The molecule has 3 aromatic carbocycles. The highest BCUT2D eigenvalue weighted by Gasteiger charge is 2.23. The second-order valence-electron chi connectivity index (χ2n) is 6.51. The molecule has 4 rings (SSSR count). The molecule has 142 valence electrons. The molecule has 4 nitrogen and oxygen atoms in total. The Hall–Kier alpha value is -2.98. The number of hydrogen-bond donors (Lipinski definition) is 0. The van der Waals surface area contributed by atoms with Gasteiger partial charge in [-0.15, -0.1) is 0 Å². The molecule has 0 bridgehead atoms. The zero-order valence-electron chi connectivity index (χ0n) is 16.1. The molecular formula is C23H23ClN4. The number of hydrogen-bond acceptors (Lipinski definition) is 2. The SMILES string of the molecule is CCc1ccc(-n2nc(-c3ccccc3)n[n+]2-c2ccc(CC)cc2)cc1.[Cl-]. The van der Waals surface area contributed by atoms with E-state index in [1.165, 1.54) is 11.1 Å². The van der Waals surface area contributed by atoms with E-state index in [0.29, 0.717) is 5.82 Å². The Bertz CT molecular complexity index is 958. The third-order valence-electron chi connectivity index (χ3n) is 4.74. The van der Waals surface area contributed by atoms with E-state index in [4.69, 9.17) is 10.2 Å². The van der Waals surface area contributed by atoms with Gasteiger partial charge in [-0.2, -0.15) is 0 Å². The second kappa shape index (κ2) is 8.81. The Labute approximate surface area is 171 Å². The Morgan fingerprint density at radius 1 is 0.750 bits per heavy atom. The molecule has 0 saturated carbocycles. The van der Waals surface area contributed by atoms with E-state index < -0.39 is 0 Å². The fourth-order valence-corrected chi connectivity index (χ4v) is 3.05. The van der Waals surface area contributed by atoms with E-state index in [1.54, 1.807) is 0 Å². The number of tetrazole rings is 1. The normalized spacial score (nSPS) is 10.5. The van der Waals surface area contributed by atoms with Gasteiger partial charge in [-0.05, 0) is 70.3 Å². The van der Waals surface area contributed by atoms with Gasteiger partial charge < -0.3 is 12.4 Å². The summed E-state index contributed by atoms with van der Waals surface area (Å²) < 4.78 is 0. The molecule has 0 aliphatic rings. The first-order valence-corrected chi connectivity index (χ1v) is 9.42. The first-order valence-electron chi connectivity index (χ1n) is 9.42. The van der Waals surface area contributed by atoms with Gasteiger partial charge in [0.15, 0.2) is 5.69 Å². The summed E-state index contributed by atoms with van der Waals surface area (Å²) >= 11 is 0. The number of aromatic nitrogens is 4. The van der Waals surface area contributed by atoms with E-state index in [-0.39, 0.29) is 12.4 Å². The average molecular weight is 391 g/mol. The van der Waals surface area contributed by atoms with Gasteiger partial charge in [0.25, 0.3) is 0 Å².